The highest BCUT2D eigenvalue weighted by Crippen LogP contribution is 2.53. The molecule has 0 radical (unpaired) electrons. The van der Waals surface area contributed by atoms with Crippen LogP contribution in [0.1, 0.15) is 87.2 Å². The van der Waals surface area contributed by atoms with Gasteiger partial charge < -0.3 is 10.2 Å². The van der Waals surface area contributed by atoms with Crippen molar-refractivity contribution >= 4 is 6.21 Å². The Kier molecular flexibility index (Phi) is 5.06. The number of aromatic hydroxyl groups is 1. The van der Waals surface area contributed by atoms with Crippen LogP contribution in [-0.4, -0.2) is 22.5 Å². The van der Waals surface area contributed by atoms with Crippen LogP contribution in [-0.2, 0) is 17.3 Å². The first kappa shape index (κ1) is 20.2. The summed E-state index contributed by atoms with van der Waals surface area (Å²) in [6.07, 6.45) is 6.71. The fraction of sp³-hybridized carbons (Fsp3) is 0.500. The molecule has 3 heteroatoms. The van der Waals surface area contributed by atoms with Crippen LogP contribution in [0.3, 0.4) is 0 Å². The molecule has 2 aliphatic rings. The van der Waals surface area contributed by atoms with Gasteiger partial charge in [0.05, 0.1) is 6.10 Å². The molecule has 0 heterocycles. The number of hydrogen-bond donors (Lipinski definition) is 2. The maximum atomic E-state index is 11.0. The fourth-order valence-corrected chi connectivity index (χ4v) is 4.84. The summed E-state index contributed by atoms with van der Waals surface area (Å²) in [5, 5.41) is 21.6. The van der Waals surface area contributed by atoms with E-state index in [1.807, 2.05) is 18.2 Å². The zero-order valence-corrected chi connectivity index (χ0v) is 18.1. The highest BCUT2D eigenvalue weighted by molar-refractivity contribution is 5.85. The van der Waals surface area contributed by atoms with Gasteiger partial charge in [-0.3, -0.25) is 4.99 Å². The maximum Gasteiger partial charge on any atom is 0.128 e. The van der Waals surface area contributed by atoms with E-state index in [9.17, 15) is 10.2 Å². The highest BCUT2D eigenvalue weighted by atomic mass is 16.3. The van der Waals surface area contributed by atoms with Crippen LogP contribution in [0.2, 0.25) is 0 Å². The Morgan fingerprint density at radius 1 is 1.17 bits per heavy atom. The van der Waals surface area contributed by atoms with Gasteiger partial charge in [-0.1, -0.05) is 64.4 Å². The minimum Gasteiger partial charge on any atom is -0.507 e. The number of aliphatic hydroxyl groups is 1. The molecule has 2 atom stereocenters. The first-order valence-corrected chi connectivity index (χ1v) is 10.9. The number of hydrogen-bond acceptors (Lipinski definition) is 3. The number of aliphatic hydroxyl groups excluding tert-OH is 1. The van der Waals surface area contributed by atoms with E-state index in [0.717, 1.165) is 22.3 Å². The molecule has 0 aliphatic heterocycles. The van der Waals surface area contributed by atoms with E-state index in [-0.39, 0.29) is 16.9 Å². The van der Waals surface area contributed by atoms with Crippen LogP contribution < -0.4 is 0 Å². The third-order valence-electron chi connectivity index (χ3n) is 6.68. The Morgan fingerprint density at radius 2 is 1.90 bits per heavy atom. The Bertz CT molecular complexity index is 934. The molecule has 0 amide bonds. The number of fused-ring (bicyclic) bond motifs is 1. The first-order chi connectivity index (χ1) is 13.7. The first-order valence-electron chi connectivity index (χ1n) is 10.9. The Balaban J connectivity index is 1.74. The predicted molar refractivity (Wildman–Crippen MR) is 119 cm³/mol. The lowest BCUT2D eigenvalue weighted by Gasteiger charge is -2.25. The van der Waals surface area contributed by atoms with Gasteiger partial charge in [-0.15, -0.1) is 0 Å². The number of benzene rings is 2. The summed E-state index contributed by atoms with van der Waals surface area (Å²) in [4.78, 5) is 4.75. The molecule has 1 fully saturated rings. The van der Waals surface area contributed by atoms with Crippen molar-refractivity contribution in [1.82, 2.24) is 0 Å². The SMILES string of the molecule is CCCC1(c2cc(C=N[C@H]3c4ccccc4C[C@H]3O)c(O)c(C(C)(C)C)c2)CC1. The summed E-state index contributed by atoms with van der Waals surface area (Å²) in [5.74, 6) is 0.318. The summed E-state index contributed by atoms with van der Waals surface area (Å²) in [5.41, 5.74) is 5.45. The number of aliphatic imine (C=N–C) groups is 1. The van der Waals surface area contributed by atoms with Crippen molar-refractivity contribution in [2.45, 2.75) is 82.8 Å². The Morgan fingerprint density at radius 3 is 2.55 bits per heavy atom. The van der Waals surface area contributed by atoms with Gasteiger partial charge in [0.1, 0.15) is 11.8 Å². The van der Waals surface area contributed by atoms with E-state index in [2.05, 4.69) is 45.9 Å². The molecule has 0 spiro atoms. The minimum absolute atomic E-state index is 0.148. The van der Waals surface area contributed by atoms with Gasteiger partial charge in [0.2, 0.25) is 0 Å². The van der Waals surface area contributed by atoms with Crippen molar-refractivity contribution in [3.05, 3.63) is 64.2 Å². The maximum absolute atomic E-state index is 11.0. The number of rotatable bonds is 5. The largest absolute Gasteiger partial charge is 0.507 e. The van der Waals surface area contributed by atoms with Gasteiger partial charge >= 0.3 is 0 Å². The quantitative estimate of drug-likeness (QED) is 0.652. The lowest BCUT2D eigenvalue weighted by atomic mass is 9.80. The van der Waals surface area contributed by atoms with E-state index in [1.165, 1.54) is 31.2 Å². The molecule has 0 unspecified atom stereocenters. The zero-order valence-electron chi connectivity index (χ0n) is 18.1. The molecule has 29 heavy (non-hydrogen) atoms. The monoisotopic (exact) mass is 391 g/mol. The molecule has 3 nitrogen and oxygen atoms in total. The summed E-state index contributed by atoms with van der Waals surface area (Å²) >= 11 is 0. The van der Waals surface area contributed by atoms with E-state index in [0.29, 0.717) is 12.2 Å². The van der Waals surface area contributed by atoms with Crippen LogP contribution >= 0.6 is 0 Å². The molecular weight excluding hydrogens is 358 g/mol. The lowest BCUT2D eigenvalue weighted by Crippen LogP contribution is -2.16. The van der Waals surface area contributed by atoms with E-state index in [4.69, 9.17) is 4.99 Å². The van der Waals surface area contributed by atoms with Crippen molar-refractivity contribution in [1.29, 1.82) is 0 Å². The Hall–Kier alpha value is -2.13. The van der Waals surface area contributed by atoms with Crippen LogP contribution in [0.5, 0.6) is 5.75 Å². The van der Waals surface area contributed by atoms with Crippen LogP contribution in [0.4, 0.5) is 0 Å². The van der Waals surface area contributed by atoms with Gasteiger partial charge in [-0.2, -0.15) is 0 Å². The summed E-state index contributed by atoms with van der Waals surface area (Å²) in [6, 6.07) is 12.2. The van der Waals surface area contributed by atoms with Gasteiger partial charge in [-0.05, 0) is 52.8 Å². The van der Waals surface area contributed by atoms with Crippen molar-refractivity contribution in [3.8, 4) is 5.75 Å². The molecule has 2 N–H and O–H groups in total. The molecular formula is C26H33NO2. The molecule has 4 rings (SSSR count). The minimum atomic E-state index is -0.508. The van der Waals surface area contributed by atoms with Gasteiger partial charge in [0, 0.05) is 23.8 Å². The highest BCUT2D eigenvalue weighted by Gasteiger charge is 2.44. The van der Waals surface area contributed by atoms with Crippen molar-refractivity contribution in [2.75, 3.05) is 0 Å². The van der Waals surface area contributed by atoms with Crippen molar-refractivity contribution in [3.63, 3.8) is 0 Å². The van der Waals surface area contributed by atoms with E-state index < -0.39 is 6.10 Å². The number of phenolic OH excluding ortho intramolecular Hbond substituents is 1. The average molecular weight is 392 g/mol. The van der Waals surface area contributed by atoms with Gasteiger partial charge in [-0.25, -0.2) is 0 Å². The fourth-order valence-electron chi connectivity index (χ4n) is 4.84. The lowest BCUT2D eigenvalue weighted by molar-refractivity contribution is 0.159. The molecule has 0 aromatic heterocycles. The molecule has 2 aromatic rings. The van der Waals surface area contributed by atoms with Crippen LogP contribution in [0, 0.1) is 0 Å². The Labute approximate surface area is 174 Å². The normalized spacial score (nSPS) is 22.8. The van der Waals surface area contributed by atoms with Gasteiger partial charge in [0.25, 0.3) is 0 Å². The van der Waals surface area contributed by atoms with E-state index >= 15 is 0 Å². The summed E-state index contributed by atoms with van der Waals surface area (Å²) in [6.45, 7) is 8.67. The summed E-state index contributed by atoms with van der Waals surface area (Å²) in [7, 11) is 0. The second-order valence-electron chi connectivity index (χ2n) is 9.94. The standard InChI is InChI=1S/C26H33NO2/c1-5-10-26(11-12-26)19-13-18(24(29)21(15-19)25(2,3)4)16-27-23-20-9-7-6-8-17(20)14-22(23)28/h6-9,13,15-16,22-23,28-29H,5,10-12,14H2,1-4H3/t22-,23+/m1/s1. The van der Waals surface area contributed by atoms with Crippen LogP contribution in [0.15, 0.2) is 41.4 Å². The molecule has 0 saturated heterocycles. The molecule has 2 aliphatic carbocycles. The average Bonchev–Trinajstić information content (AvgIpc) is 3.37. The zero-order chi connectivity index (χ0) is 20.8. The molecule has 0 bridgehead atoms. The number of nitrogens with zero attached hydrogens (tertiary/aromatic N) is 1. The second-order valence-corrected chi connectivity index (χ2v) is 9.94. The third-order valence-corrected chi connectivity index (χ3v) is 6.68. The molecule has 2 aromatic carbocycles. The van der Waals surface area contributed by atoms with Crippen molar-refractivity contribution in [2.24, 2.45) is 4.99 Å². The molecule has 154 valence electrons. The number of phenols is 1. The second kappa shape index (κ2) is 7.28. The van der Waals surface area contributed by atoms with E-state index in [1.54, 1.807) is 6.21 Å². The molecule has 1 saturated carbocycles. The van der Waals surface area contributed by atoms with Crippen molar-refractivity contribution < 1.29 is 10.2 Å². The third kappa shape index (κ3) is 3.73. The van der Waals surface area contributed by atoms with Crippen LogP contribution in [0.25, 0.3) is 0 Å². The summed E-state index contributed by atoms with van der Waals surface area (Å²) < 4.78 is 0. The van der Waals surface area contributed by atoms with Gasteiger partial charge in [0.15, 0.2) is 0 Å². The topological polar surface area (TPSA) is 52.8 Å². The smallest absolute Gasteiger partial charge is 0.128 e. The predicted octanol–water partition coefficient (Wildman–Crippen LogP) is 5.60.